The van der Waals surface area contributed by atoms with Crippen LogP contribution in [0.15, 0.2) is 41.1 Å². The summed E-state index contributed by atoms with van der Waals surface area (Å²) >= 11 is 0. The second-order valence-electron chi connectivity index (χ2n) is 5.55. The average Bonchev–Trinajstić information content (AvgIpc) is 3.23. The number of hydrogen-bond donors (Lipinski definition) is 1. The van der Waals surface area contributed by atoms with E-state index in [1.54, 1.807) is 17.0 Å². The fourth-order valence-electron chi connectivity index (χ4n) is 2.77. The summed E-state index contributed by atoms with van der Waals surface area (Å²) < 4.78 is 43.7. The Morgan fingerprint density at radius 3 is 2.96 bits per heavy atom. The van der Waals surface area contributed by atoms with E-state index < -0.39 is 17.8 Å². The first-order chi connectivity index (χ1) is 11.4. The van der Waals surface area contributed by atoms with Gasteiger partial charge in [0.2, 0.25) is 5.91 Å². The molecule has 128 valence electrons. The standard InChI is InChI=1S/C16H16F3N3O2/c17-16(18,19)11-5-6-20-14(9-11)22-7-1-4-13(22)15(23)21-10-12-3-2-8-24-12/h2-3,5-6,8-9,13H,1,4,7,10H2,(H,21,23)/t13-/m1/s1. The van der Waals surface area contributed by atoms with Crippen molar-refractivity contribution in [1.29, 1.82) is 0 Å². The van der Waals surface area contributed by atoms with Crippen molar-refractivity contribution in [2.24, 2.45) is 0 Å². The number of carbonyl (C=O) groups excluding carboxylic acids is 1. The van der Waals surface area contributed by atoms with Crippen LogP contribution in [0.2, 0.25) is 0 Å². The lowest BCUT2D eigenvalue weighted by Crippen LogP contribution is -2.43. The highest BCUT2D eigenvalue weighted by Crippen LogP contribution is 2.32. The smallest absolute Gasteiger partial charge is 0.416 e. The largest absolute Gasteiger partial charge is 0.467 e. The van der Waals surface area contributed by atoms with Crippen molar-refractivity contribution in [1.82, 2.24) is 10.3 Å². The molecule has 0 aliphatic carbocycles. The zero-order valence-corrected chi connectivity index (χ0v) is 12.7. The molecule has 0 unspecified atom stereocenters. The van der Waals surface area contributed by atoms with Gasteiger partial charge in [0.1, 0.15) is 17.6 Å². The van der Waals surface area contributed by atoms with Crippen LogP contribution in [-0.4, -0.2) is 23.5 Å². The molecule has 8 heteroatoms. The van der Waals surface area contributed by atoms with Gasteiger partial charge in [-0.2, -0.15) is 13.2 Å². The summed E-state index contributed by atoms with van der Waals surface area (Å²) in [4.78, 5) is 18.0. The van der Waals surface area contributed by atoms with Crippen LogP contribution in [0.5, 0.6) is 0 Å². The maximum absolute atomic E-state index is 12.9. The van der Waals surface area contributed by atoms with Gasteiger partial charge in [0, 0.05) is 12.7 Å². The monoisotopic (exact) mass is 339 g/mol. The number of rotatable bonds is 4. The molecular formula is C16H16F3N3O2. The van der Waals surface area contributed by atoms with Gasteiger partial charge >= 0.3 is 6.18 Å². The zero-order chi connectivity index (χ0) is 17.2. The molecule has 1 fully saturated rings. The Morgan fingerprint density at radius 1 is 1.42 bits per heavy atom. The van der Waals surface area contributed by atoms with E-state index in [1.165, 1.54) is 6.26 Å². The number of nitrogens with zero attached hydrogens (tertiary/aromatic N) is 2. The molecule has 1 N–H and O–H groups in total. The van der Waals surface area contributed by atoms with Gasteiger partial charge in [0.25, 0.3) is 0 Å². The highest BCUT2D eigenvalue weighted by atomic mass is 19.4. The van der Waals surface area contributed by atoms with Crippen LogP contribution in [0.25, 0.3) is 0 Å². The van der Waals surface area contributed by atoms with Gasteiger partial charge in [0.15, 0.2) is 0 Å². The normalized spacial score (nSPS) is 18.0. The Hall–Kier alpha value is -2.51. The zero-order valence-electron chi connectivity index (χ0n) is 12.7. The van der Waals surface area contributed by atoms with Gasteiger partial charge < -0.3 is 14.6 Å². The van der Waals surface area contributed by atoms with Crippen molar-refractivity contribution < 1.29 is 22.4 Å². The Balaban J connectivity index is 1.72. The number of nitrogens with one attached hydrogen (secondary N) is 1. The van der Waals surface area contributed by atoms with Crippen LogP contribution in [0, 0.1) is 0 Å². The van der Waals surface area contributed by atoms with Crippen molar-refractivity contribution in [2.75, 3.05) is 11.4 Å². The number of amides is 1. The average molecular weight is 339 g/mol. The van der Waals surface area contributed by atoms with Crippen molar-refractivity contribution >= 4 is 11.7 Å². The Morgan fingerprint density at radius 2 is 2.25 bits per heavy atom. The van der Waals surface area contributed by atoms with E-state index in [0.717, 1.165) is 24.8 Å². The molecule has 3 heterocycles. The molecule has 3 rings (SSSR count). The van der Waals surface area contributed by atoms with E-state index in [4.69, 9.17) is 4.42 Å². The summed E-state index contributed by atoms with van der Waals surface area (Å²) in [6, 6.07) is 4.83. The summed E-state index contributed by atoms with van der Waals surface area (Å²) in [6.07, 6.45) is -0.517. The van der Waals surface area contributed by atoms with Crippen molar-refractivity contribution in [3.8, 4) is 0 Å². The minimum absolute atomic E-state index is 0.167. The van der Waals surface area contributed by atoms with E-state index >= 15 is 0 Å². The van der Waals surface area contributed by atoms with Crippen molar-refractivity contribution in [3.63, 3.8) is 0 Å². The van der Waals surface area contributed by atoms with E-state index in [-0.39, 0.29) is 18.3 Å². The number of aromatic nitrogens is 1. The molecule has 2 aromatic heterocycles. The van der Waals surface area contributed by atoms with E-state index in [0.29, 0.717) is 18.7 Å². The molecule has 1 aliphatic heterocycles. The molecule has 0 bridgehead atoms. The first kappa shape index (κ1) is 16.4. The number of furan rings is 1. The molecule has 5 nitrogen and oxygen atoms in total. The summed E-state index contributed by atoms with van der Waals surface area (Å²) in [6.45, 7) is 0.735. The Bertz CT molecular complexity index is 701. The van der Waals surface area contributed by atoms with Crippen LogP contribution in [-0.2, 0) is 17.5 Å². The number of alkyl halides is 3. The van der Waals surface area contributed by atoms with E-state index in [9.17, 15) is 18.0 Å². The van der Waals surface area contributed by atoms with Crippen LogP contribution in [0.4, 0.5) is 19.0 Å². The fraction of sp³-hybridized carbons (Fsp3) is 0.375. The maximum atomic E-state index is 12.9. The molecule has 2 aromatic rings. The van der Waals surface area contributed by atoms with Gasteiger partial charge in [-0.1, -0.05) is 0 Å². The van der Waals surface area contributed by atoms with Crippen LogP contribution >= 0.6 is 0 Å². The summed E-state index contributed by atoms with van der Waals surface area (Å²) in [5.74, 6) is 0.536. The number of anilines is 1. The molecular weight excluding hydrogens is 323 g/mol. The van der Waals surface area contributed by atoms with E-state index in [1.807, 2.05) is 0 Å². The van der Waals surface area contributed by atoms with Gasteiger partial charge in [-0.3, -0.25) is 4.79 Å². The van der Waals surface area contributed by atoms with Crippen LogP contribution < -0.4 is 10.2 Å². The van der Waals surface area contributed by atoms with Crippen LogP contribution in [0.3, 0.4) is 0 Å². The van der Waals surface area contributed by atoms with Gasteiger partial charge in [-0.05, 0) is 37.1 Å². The molecule has 1 aliphatic rings. The molecule has 0 radical (unpaired) electrons. The van der Waals surface area contributed by atoms with Gasteiger partial charge in [-0.15, -0.1) is 0 Å². The van der Waals surface area contributed by atoms with Crippen molar-refractivity contribution in [3.05, 3.63) is 48.0 Å². The van der Waals surface area contributed by atoms with E-state index in [2.05, 4.69) is 10.3 Å². The number of halogens is 3. The number of pyridine rings is 1. The third-order valence-corrected chi connectivity index (χ3v) is 3.94. The highest BCUT2D eigenvalue weighted by Gasteiger charge is 2.35. The second kappa shape index (κ2) is 6.54. The SMILES string of the molecule is O=C(NCc1ccco1)[C@H]1CCCN1c1cc(C(F)(F)F)ccn1. The fourth-order valence-corrected chi connectivity index (χ4v) is 2.77. The molecule has 1 atom stereocenters. The Kier molecular flexibility index (Phi) is 4.46. The predicted octanol–water partition coefficient (Wildman–Crippen LogP) is 2.98. The van der Waals surface area contributed by atoms with Crippen LogP contribution in [0.1, 0.15) is 24.2 Å². The maximum Gasteiger partial charge on any atom is 0.416 e. The predicted molar refractivity (Wildman–Crippen MR) is 80.2 cm³/mol. The molecule has 1 amide bonds. The first-order valence-electron chi connectivity index (χ1n) is 7.55. The lowest BCUT2D eigenvalue weighted by molar-refractivity contribution is -0.137. The first-order valence-corrected chi connectivity index (χ1v) is 7.55. The Labute approximate surface area is 136 Å². The van der Waals surface area contributed by atoms with Gasteiger partial charge in [0.05, 0.1) is 18.4 Å². The minimum atomic E-state index is -4.44. The highest BCUT2D eigenvalue weighted by molar-refractivity contribution is 5.85. The lowest BCUT2D eigenvalue weighted by atomic mass is 10.2. The third kappa shape index (κ3) is 3.52. The summed E-state index contributed by atoms with van der Waals surface area (Å²) in [5.41, 5.74) is -0.769. The molecule has 0 spiro atoms. The molecule has 0 saturated carbocycles. The summed E-state index contributed by atoms with van der Waals surface area (Å²) in [7, 11) is 0. The molecule has 24 heavy (non-hydrogen) atoms. The topological polar surface area (TPSA) is 58.4 Å². The lowest BCUT2D eigenvalue weighted by Gasteiger charge is -2.25. The molecule has 1 saturated heterocycles. The van der Waals surface area contributed by atoms with Gasteiger partial charge in [-0.25, -0.2) is 4.98 Å². The molecule has 0 aromatic carbocycles. The van der Waals surface area contributed by atoms with Crippen molar-refractivity contribution in [2.45, 2.75) is 31.6 Å². The number of hydrogen-bond acceptors (Lipinski definition) is 4. The third-order valence-electron chi connectivity index (χ3n) is 3.94. The quantitative estimate of drug-likeness (QED) is 0.930. The number of carbonyl (C=O) groups is 1. The second-order valence-corrected chi connectivity index (χ2v) is 5.55. The summed E-state index contributed by atoms with van der Waals surface area (Å²) in [5, 5.41) is 2.75. The minimum Gasteiger partial charge on any atom is -0.467 e.